The molecule has 1 atom stereocenters. The molecule has 4 heteroatoms. The van der Waals surface area contributed by atoms with Crippen molar-refractivity contribution in [3.63, 3.8) is 0 Å². The molecule has 4 nitrogen and oxygen atoms in total. The van der Waals surface area contributed by atoms with Crippen LogP contribution in [0.3, 0.4) is 0 Å². The maximum atomic E-state index is 5.56. The highest BCUT2D eigenvalue weighted by molar-refractivity contribution is 5.44. The molecule has 1 aliphatic rings. The van der Waals surface area contributed by atoms with Gasteiger partial charge in [-0.05, 0) is 17.7 Å². The van der Waals surface area contributed by atoms with Gasteiger partial charge in [0.15, 0.2) is 11.5 Å². The average Bonchev–Trinajstić information content (AvgIpc) is 2.66. The lowest BCUT2D eigenvalue weighted by Crippen LogP contribution is -2.21. The molecule has 1 aliphatic heterocycles. The molecular weight excluding hydrogens is 218 g/mol. The van der Waals surface area contributed by atoms with Gasteiger partial charge in [-0.3, -0.25) is 0 Å². The Morgan fingerprint density at radius 3 is 2.82 bits per heavy atom. The highest BCUT2D eigenvalue weighted by Gasteiger charge is 2.16. The van der Waals surface area contributed by atoms with E-state index in [0.717, 1.165) is 37.8 Å². The van der Waals surface area contributed by atoms with E-state index in [-0.39, 0.29) is 0 Å². The first-order valence-corrected chi connectivity index (χ1v) is 5.85. The van der Waals surface area contributed by atoms with E-state index in [4.69, 9.17) is 14.2 Å². The third kappa shape index (κ3) is 2.90. The average molecular weight is 237 g/mol. The quantitative estimate of drug-likeness (QED) is 0.862. The minimum Gasteiger partial charge on any atom is -0.493 e. The van der Waals surface area contributed by atoms with Gasteiger partial charge in [0.05, 0.1) is 27.4 Å². The van der Waals surface area contributed by atoms with Crippen LogP contribution in [0.15, 0.2) is 18.2 Å². The second-order valence-electron chi connectivity index (χ2n) is 4.09. The second-order valence-corrected chi connectivity index (χ2v) is 4.09. The monoisotopic (exact) mass is 237 g/mol. The number of nitrogens with one attached hydrogen (secondary N) is 1. The molecule has 0 bridgehead atoms. The van der Waals surface area contributed by atoms with Crippen LogP contribution in [0, 0.1) is 0 Å². The number of hydrogen-bond acceptors (Lipinski definition) is 4. The number of ether oxygens (including phenoxy) is 3. The largest absolute Gasteiger partial charge is 0.493 e. The zero-order chi connectivity index (χ0) is 12.1. The molecule has 1 fully saturated rings. The van der Waals surface area contributed by atoms with Crippen molar-refractivity contribution in [1.82, 2.24) is 5.32 Å². The predicted molar refractivity (Wildman–Crippen MR) is 66.0 cm³/mol. The minimum atomic E-state index is 0.373. The summed E-state index contributed by atoms with van der Waals surface area (Å²) in [4.78, 5) is 0. The van der Waals surface area contributed by atoms with E-state index in [9.17, 15) is 0 Å². The molecule has 0 spiro atoms. The molecule has 0 radical (unpaired) electrons. The number of benzene rings is 1. The molecule has 2 rings (SSSR count). The zero-order valence-corrected chi connectivity index (χ0v) is 10.4. The van der Waals surface area contributed by atoms with Crippen LogP contribution < -0.4 is 14.8 Å². The van der Waals surface area contributed by atoms with Crippen LogP contribution in [0.25, 0.3) is 0 Å². The Hall–Kier alpha value is -1.26. The minimum absolute atomic E-state index is 0.373. The summed E-state index contributed by atoms with van der Waals surface area (Å²) in [6.07, 6.45) is 0. The third-order valence-corrected chi connectivity index (χ3v) is 3.01. The molecule has 0 aliphatic carbocycles. The van der Waals surface area contributed by atoms with Gasteiger partial charge in [-0.25, -0.2) is 0 Å². The molecular formula is C13H19NO3. The lowest BCUT2D eigenvalue weighted by Gasteiger charge is -2.16. The molecule has 1 aromatic carbocycles. The summed E-state index contributed by atoms with van der Waals surface area (Å²) in [7, 11) is 3.30. The summed E-state index contributed by atoms with van der Waals surface area (Å²) < 4.78 is 16.1. The van der Waals surface area contributed by atoms with E-state index < -0.39 is 0 Å². The maximum absolute atomic E-state index is 5.56. The van der Waals surface area contributed by atoms with Gasteiger partial charge in [0.25, 0.3) is 0 Å². The summed E-state index contributed by atoms with van der Waals surface area (Å²) in [5.74, 6) is 1.91. The Balaban J connectivity index is 2.19. The van der Waals surface area contributed by atoms with Crippen LogP contribution in [0.2, 0.25) is 0 Å². The fourth-order valence-corrected chi connectivity index (χ4v) is 2.03. The Bertz CT molecular complexity index is 360. The number of hydrogen-bond donors (Lipinski definition) is 1. The fourth-order valence-electron chi connectivity index (χ4n) is 2.03. The molecule has 1 unspecified atom stereocenters. The van der Waals surface area contributed by atoms with E-state index in [1.807, 2.05) is 12.1 Å². The second kappa shape index (κ2) is 5.89. The Labute approximate surface area is 102 Å². The van der Waals surface area contributed by atoms with Gasteiger partial charge < -0.3 is 19.5 Å². The lowest BCUT2D eigenvalue weighted by molar-refractivity contribution is 0.141. The van der Waals surface area contributed by atoms with E-state index in [1.165, 1.54) is 5.56 Å². The van der Waals surface area contributed by atoms with Crippen molar-refractivity contribution < 1.29 is 14.2 Å². The van der Waals surface area contributed by atoms with Crippen molar-refractivity contribution in [2.45, 2.75) is 5.92 Å². The molecule has 1 heterocycles. The molecule has 1 saturated heterocycles. The van der Waals surface area contributed by atoms with Gasteiger partial charge in [-0.15, -0.1) is 0 Å². The highest BCUT2D eigenvalue weighted by Crippen LogP contribution is 2.30. The Morgan fingerprint density at radius 1 is 1.24 bits per heavy atom. The first-order chi connectivity index (χ1) is 8.35. The topological polar surface area (TPSA) is 39.7 Å². The van der Waals surface area contributed by atoms with Gasteiger partial charge >= 0.3 is 0 Å². The standard InChI is InChI=1S/C13H19NO3/c1-15-12-4-3-10(7-13(12)16-2)11-8-14-5-6-17-9-11/h3-4,7,11,14H,5-6,8-9H2,1-2H3. The van der Waals surface area contributed by atoms with Crippen molar-refractivity contribution in [3.8, 4) is 11.5 Å². The molecule has 1 aromatic rings. The fraction of sp³-hybridized carbons (Fsp3) is 0.538. The maximum Gasteiger partial charge on any atom is 0.160 e. The normalized spacial score (nSPS) is 20.7. The molecule has 94 valence electrons. The van der Waals surface area contributed by atoms with Gasteiger partial charge in [0.2, 0.25) is 0 Å². The molecule has 0 aromatic heterocycles. The van der Waals surface area contributed by atoms with E-state index >= 15 is 0 Å². The Morgan fingerprint density at radius 2 is 2.06 bits per heavy atom. The van der Waals surface area contributed by atoms with Crippen LogP contribution in [-0.4, -0.2) is 40.5 Å². The number of methoxy groups -OCH3 is 2. The van der Waals surface area contributed by atoms with E-state index in [2.05, 4.69) is 11.4 Å². The molecule has 1 N–H and O–H groups in total. The zero-order valence-electron chi connectivity index (χ0n) is 10.4. The lowest BCUT2D eigenvalue weighted by atomic mass is 9.99. The van der Waals surface area contributed by atoms with Crippen molar-refractivity contribution in [1.29, 1.82) is 0 Å². The smallest absolute Gasteiger partial charge is 0.160 e. The molecule has 0 amide bonds. The van der Waals surface area contributed by atoms with Crippen molar-refractivity contribution in [2.75, 3.05) is 40.5 Å². The van der Waals surface area contributed by atoms with Crippen LogP contribution in [0.4, 0.5) is 0 Å². The van der Waals surface area contributed by atoms with Gasteiger partial charge in [-0.2, -0.15) is 0 Å². The Kier molecular flexibility index (Phi) is 4.23. The van der Waals surface area contributed by atoms with Crippen LogP contribution in [-0.2, 0) is 4.74 Å². The van der Waals surface area contributed by atoms with E-state index in [1.54, 1.807) is 14.2 Å². The first kappa shape index (κ1) is 12.2. The summed E-state index contributed by atoms with van der Waals surface area (Å²) in [6.45, 7) is 3.39. The van der Waals surface area contributed by atoms with Gasteiger partial charge in [0, 0.05) is 19.0 Å². The van der Waals surface area contributed by atoms with Gasteiger partial charge in [-0.1, -0.05) is 6.07 Å². The highest BCUT2D eigenvalue weighted by atomic mass is 16.5. The van der Waals surface area contributed by atoms with E-state index in [0.29, 0.717) is 5.92 Å². The SMILES string of the molecule is COc1ccc(C2CNCCOC2)cc1OC. The third-order valence-electron chi connectivity index (χ3n) is 3.01. The first-order valence-electron chi connectivity index (χ1n) is 5.85. The summed E-state index contributed by atoms with van der Waals surface area (Å²) in [5, 5.41) is 3.36. The summed E-state index contributed by atoms with van der Waals surface area (Å²) in [6, 6.07) is 6.04. The van der Waals surface area contributed by atoms with Crippen molar-refractivity contribution in [2.24, 2.45) is 0 Å². The van der Waals surface area contributed by atoms with Crippen LogP contribution >= 0.6 is 0 Å². The van der Waals surface area contributed by atoms with Crippen LogP contribution in [0.5, 0.6) is 11.5 Å². The van der Waals surface area contributed by atoms with Crippen LogP contribution in [0.1, 0.15) is 11.5 Å². The molecule has 0 saturated carbocycles. The summed E-state index contributed by atoms with van der Waals surface area (Å²) in [5.41, 5.74) is 1.22. The molecule has 17 heavy (non-hydrogen) atoms. The van der Waals surface area contributed by atoms with Gasteiger partial charge in [0.1, 0.15) is 0 Å². The number of rotatable bonds is 3. The predicted octanol–water partition coefficient (Wildman–Crippen LogP) is 1.41. The van der Waals surface area contributed by atoms with Crippen molar-refractivity contribution >= 4 is 0 Å². The van der Waals surface area contributed by atoms with Crippen molar-refractivity contribution in [3.05, 3.63) is 23.8 Å². The summed E-state index contributed by atoms with van der Waals surface area (Å²) >= 11 is 0.